The second kappa shape index (κ2) is 9.99. The van der Waals surface area contributed by atoms with Crippen LogP contribution in [0.3, 0.4) is 0 Å². The summed E-state index contributed by atoms with van der Waals surface area (Å²) < 4.78 is 5.51. The number of fused-ring (bicyclic) bond motifs is 1. The Balaban J connectivity index is 1.42. The fraction of sp³-hybridized carbons (Fsp3) is 0.571. The molecule has 2 atom stereocenters. The van der Waals surface area contributed by atoms with E-state index < -0.39 is 30.6 Å². The Bertz CT molecular complexity index is 880. The topological polar surface area (TPSA) is 160 Å². The molecule has 0 bridgehead atoms. The fourth-order valence-electron chi connectivity index (χ4n) is 4.11. The van der Waals surface area contributed by atoms with Gasteiger partial charge in [0.25, 0.3) is 0 Å². The molecule has 3 amide bonds. The number of anilines is 1. The molecule has 1 aromatic carbocycles. The smallest absolute Gasteiger partial charge is 0.423 e. The molecule has 174 valence electrons. The zero-order valence-corrected chi connectivity index (χ0v) is 18.6. The maximum Gasteiger partial charge on any atom is 0.492 e. The Morgan fingerprint density at radius 3 is 2.84 bits per heavy atom. The van der Waals surface area contributed by atoms with Crippen molar-refractivity contribution in [1.82, 2.24) is 10.2 Å². The van der Waals surface area contributed by atoms with Gasteiger partial charge < -0.3 is 36.7 Å². The molecule has 1 fully saturated rings. The Hall–Kier alpha value is -2.47. The van der Waals surface area contributed by atoms with Crippen LogP contribution in [-0.2, 0) is 24.6 Å². The predicted molar refractivity (Wildman–Crippen MR) is 121 cm³/mol. The van der Waals surface area contributed by atoms with Gasteiger partial charge in [0.05, 0.1) is 18.2 Å². The number of nitrogens with one attached hydrogen (secondary N) is 2. The van der Waals surface area contributed by atoms with Crippen LogP contribution in [0, 0.1) is 0 Å². The van der Waals surface area contributed by atoms with Gasteiger partial charge in [-0.15, -0.1) is 0 Å². The number of carbonyl (C=O) groups excluding carboxylic acids is 3. The molecule has 1 aromatic rings. The number of rotatable bonds is 7. The Labute approximate surface area is 188 Å². The average Bonchev–Trinajstić information content (AvgIpc) is 2.97. The summed E-state index contributed by atoms with van der Waals surface area (Å²) in [5.74, 6) is -0.994. The summed E-state index contributed by atoms with van der Waals surface area (Å²) in [7, 11) is -1.06. The van der Waals surface area contributed by atoms with E-state index in [1.807, 2.05) is 13.8 Å². The van der Waals surface area contributed by atoms with Gasteiger partial charge in [-0.05, 0) is 56.3 Å². The molecule has 2 heterocycles. The van der Waals surface area contributed by atoms with Gasteiger partial charge in [-0.2, -0.15) is 0 Å². The van der Waals surface area contributed by atoms with E-state index in [-0.39, 0.29) is 31.3 Å². The van der Waals surface area contributed by atoms with Crippen LogP contribution in [0.25, 0.3) is 0 Å². The Morgan fingerprint density at radius 1 is 1.38 bits per heavy atom. The molecule has 0 aromatic heterocycles. The van der Waals surface area contributed by atoms with Crippen molar-refractivity contribution in [2.24, 2.45) is 11.5 Å². The minimum Gasteiger partial charge on any atom is -0.423 e. The molecule has 0 radical (unpaired) electrons. The SMILES string of the molecule is CC1(C)OB(O)c2cc(NC(=O)CNC(=O)C(N)CCC(=O)N3CCCC(N)C3)ccc21. The maximum absolute atomic E-state index is 12.3. The fourth-order valence-corrected chi connectivity index (χ4v) is 4.11. The number of nitrogens with zero attached hydrogens (tertiary/aromatic N) is 1. The molecule has 2 aliphatic heterocycles. The van der Waals surface area contributed by atoms with Gasteiger partial charge in [-0.25, -0.2) is 0 Å². The molecular weight excluding hydrogens is 413 g/mol. The van der Waals surface area contributed by atoms with E-state index in [1.165, 1.54) is 0 Å². The highest BCUT2D eigenvalue weighted by Gasteiger charge is 2.40. The van der Waals surface area contributed by atoms with Crippen LogP contribution in [0.5, 0.6) is 0 Å². The van der Waals surface area contributed by atoms with Crippen molar-refractivity contribution < 1.29 is 24.1 Å². The summed E-state index contributed by atoms with van der Waals surface area (Å²) in [6, 6.07) is 4.27. The van der Waals surface area contributed by atoms with E-state index in [1.54, 1.807) is 23.1 Å². The molecule has 10 nitrogen and oxygen atoms in total. The number of piperidine rings is 1. The molecule has 0 aliphatic carbocycles. The third-order valence-electron chi connectivity index (χ3n) is 5.90. The highest BCUT2D eigenvalue weighted by Crippen LogP contribution is 2.30. The first-order valence-electron chi connectivity index (χ1n) is 10.9. The normalized spacial score (nSPS) is 20.5. The molecule has 1 saturated heterocycles. The summed E-state index contributed by atoms with van der Waals surface area (Å²) in [5.41, 5.74) is 13.1. The van der Waals surface area contributed by atoms with E-state index in [0.717, 1.165) is 18.4 Å². The van der Waals surface area contributed by atoms with Crippen molar-refractivity contribution in [3.05, 3.63) is 23.8 Å². The first kappa shape index (κ1) is 24.2. The van der Waals surface area contributed by atoms with Crippen molar-refractivity contribution in [3.63, 3.8) is 0 Å². The number of amides is 3. The molecule has 32 heavy (non-hydrogen) atoms. The van der Waals surface area contributed by atoms with E-state index in [2.05, 4.69) is 10.6 Å². The number of likely N-dealkylation sites (tertiary alicyclic amines) is 1. The first-order valence-corrected chi connectivity index (χ1v) is 10.9. The van der Waals surface area contributed by atoms with Crippen molar-refractivity contribution in [2.45, 2.75) is 57.2 Å². The standard InChI is InChI=1S/C21H32BN5O5/c1-21(2)15-6-5-14(10-16(15)22(31)32-21)26-18(28)11-25-20(30)17(24)7-8-19(29)27-9-3-4-13(23)12-27/h5-6,10,13,17,31H,3-4,7-9,11-12,23-24H2,1-2H3,(H,25,30)(H,26,28). The lowest BCUT2D eigenvalue weighted by molar-refractivity contribution is -0.132. The summed E-state index contributed by atoms with van der Waals surface area (Å²) in [6.07, 6.45) is 2.13. The highest BCUT2D eigenvalue weighted by atomic mass is 16.5. The lowest BCUT2D eigenvalue weighted by Crippen LogP contribution is -2.47. The highest BCUT2D eigenvalue weighted by molar-refractivity contribution is 6.62. The molecular formula is C21H32BN5O5. The lowest BCUT2D eigenvalue weighted by atomic mass is 9.78. The van der Waals surface area contributed by atoms with Gasteiger partial charge >= 0.3 is 7.12 Å². The molecule has 0 spiro atoms. The van der Waals surface area contributed by atoms with E-state index in [4.69, 9.17) is 16.1 Å². The second-order valence-corrected chi connectivity index (χ2v) is 8.94. The number of benzene rings is 1. The maximum atomic E-state index is 12.3. The van der Waals surface area contributed by atoms with Crippen LogP contribution < -0.4 is 27.6 Å². The van der Waals surface area contributed by atoms with E-state index in [0.29, 0.717) is 24.2 Å². The van der Waals surface area contributed by atoms with Gasteiger partial charge in [-0.1, -0.05) is 6.07 Å². The summed E-state index contributed by atoms with van der Waals surface area (Å²) in [4.78, 5) is 38.4. The van der Waals surface area contributed by atoms with Crippen LogP contribution in [0.15, 0.2) is 18.2 Å². The zero-order valence-electron chi connectivity index (χ0n) is 18.6. The van der Waals surface area contributed by atoms with Gasteiger partial charge in [0.1, 0.15) is 0 Å². The molecule has 3 rings (SSSR count). The first-order chi connectivity index (χ1) is 15.1. The van der Waals surface area contributed by atoms with Crippen molar-refractivity contribution >= 4 is 36.0 Å². The minimum absolute atomic E-state index is 0.00358. The Kier molecular flexibility index (Phi) is 7.55. The molecule has 2 aliphatic rings. The van der Waals surface area contributed by atoms with Crippen molar-refractivity contribution in [3.8, 4) is 0 Å². The lowest BCUT2D eigenvalue weighted by Gasteiger charge is -2.31. The summed E-state index contributed by atoms with van der Waals surface area (Å²) >= 11 is 0. The van der Waals surface area contributed by atoms with E-state index in [9.17, 15) is 19.4 Å². The Morgan fingerprint density at radius 2 is 2.12 bits per heavy atom. The quantitative estimate of drug-likeness (QED) is 0.328. The van der Waals surface area contributed by atoms with Crippen molar-refractivity contribution in [2.75, 3.05) is 25.0 Å². The average molecular weight is 445 g/mol. The van der Waals surface area contributed by atoms with Crippen LogP contribution >= 0.6 is 0 Å². The number of carbonyl (C=O) groups is 3. The summed E-state index contributed by atoms with van der Waals surface area (Å²) in [6.45, 7) is 4.66. The number of hydrogen-bond donors (Lipinski definition) is 5. The molecule has 0 saturated carbocycles. The molecule has 2 unspecified atom stereocenters. The predicted octanol–water partition coefficient (Wildman–Crippen LogP) is -1.25. The van der Waals surface area contributed by atoms with Gasteiger partial charge in [0, 0.05) is 31.2 Å². The summed E-state index contributed by atoms with van der Waals surface area (Å²) in [5, 5.41) is 15.2. The van der Waals surface area contributed by atoms with Crippen LogP contribution in [0.4, 0.5) is 5.69 Å². The largest absolute Gasteiger partial charge is 0.492 e. The zero-order chi connectivity index (χ0) is 23.5. The van der Waals surface area contributed by atoms with E-state index >= 15 is 0 Å². The monoisotopic (exact) mass is 445 g/mol. The molecule has 7 N–H and O–H groups in total. The van der Waals surface area contributed by atoms with Gasteiger partial charge in [-0.3, -0.25) is 14.4 Å². The third-order valence-corrected chi connectivity index (χ3v) is 5.90. The third kappa shape index (κ3) is 5.86. The van der Waals surface area contributed by atoms with Crippen LogP contribution in [0.2, 0.25) is 0 Å². The van der Waals surface area contributed by atoms with Crippen molar-refractivity contribution in [1.29, 1.82) is 0 Å². The van der Waals surface area contributed by atoms with Gasteiger partial charge in [0.15, 0.2) is 0 Å². The van der Waals surface area contributed by atoms with Gasteiger partial charge in [0.2, 0.25) is 17.7 Å². The number of hydrogen-bond acceptors (Lipinski definition) is 7. The van der Waals surface area contributed by atoms with Crippen LogP contribution in [-0.4, -0.2) is 66.5 Å². The number of nitrogens with two attached hydrogens (primary N) is 2. The molecule has 11 heteroatoms. The van der Waals surface area contributed by atoms with Crippen LogP contribution in [0.1, 0.15) is 45.1 Å². The minimum atomic E-state index is -1.06. The second-order valence-electron chi connectivity index (χ2n) is 8.94.